The van der Waals surface area contributed by atoms with Gasteiger partial charge in [0.25, 0.3) is 0 Å². The first-order chi connectivity index (χ1) is 14.2. The highest BCUT2D eigenvalue weighted by Crippen LogP contribution is 2.46. The predicted molar refractivity (Wildman–Crippen MR) is 121 cm³/mol. The summed E-state index contributed by atoms with van der Waals surface area (Å²) in [6.45, 7) is 5.12. The molecule has 0 saturated carbocycles. The third-order valence-electron chi connectivity index (χ3n) is 5.92. The number of fused-ring (bicyclic) bond motifs is 3. The number of carbonyl (C=O) groups is 1. The van der Waals surface area contributed by atoms with Crippen LogP contribution in [0.5, 0.6) is 0 Å². The van der Waals surface area contributed by atoms with Gasteiger partial charge in [-0.3, -0.25) is 4.79 Å². The highest BCUT2D eigenvalue weighted by atomic mass is 32.2. The maximum atomic E-state index is 13.1. The van der Waals surface area contributed by atoms with Crippen LogP contribution in [0.15, 0.2) is 72.8 Å². The number of benzene rings is 3. The molecule has 0 atom stereocenters. The number of carbonyl (C=O) groups excluding carboxylic acids is 1. The molecule has 0 spiro atoms. The van der Waals surface area contributed by atoms with Crippen LogP contribution in [0.25, 0.3) is 11.1 Å². The Balaban J connectivity index is 1.55. The predicted octanol–water partition coefficient (Wildman–Crippen LogP) is 5.79. The van der Waals surface area contributed by atoms with Crippen LogP contribution in [0.3, 0.4) is 0 Å². The number of sulfone groups is 1. The van der Waals surface area contributed by atoms with E-state index >= 15 is 0 Å². The first kappa shape index (κ1) is 20.5. The molecule has 0 aromatic heterocycles. The van der Waals surface area contributed by atoms with E-state index in [0.29, 0.717) is 17.5 Å². The Morgan fingerprint density at radius 2 is 1.30 bits per heavy atom. The summed E-state index contributed by atoms with van der Waals surface area (Å²) in [5, 5.41) is 0. The van der Waals surface area contributed by atoms with E-state index in [0.717, 1.165) is 0 Å². The summed E-state index contributed by atoms with van der Waals surface area (Å²) >= 11 is 0. The van der Waals surface area contributed by atoms with Gasteiger partial charge in [-0.2, -0.15) is 0 Å². The van der Waals surface area contributed by atoms with Crippen LogP contribution in [0.2, 0.25) is 0 Å². The average molecular weight is 419 g/mol. The van der Waals surface area contributed by atoms with Crippen molar-refractivity contribution in [2.45, 2.75) is 43.6 Å². The maximum absolute atomic E-state index is 13.1. The normalized spacial score (nSPS) is 13.7. The van der Waals surface area contributed by atoms with E-state index in [4.69, 9.17) is 0 Å². The third-order valence-corrected chi connectivity index (χ3v) is 8.50. The first-order valence-corrected chi connectivity index (χ1v) is 11.9. The van der Waals surface area contributed by atoms with E-state index in [1.54, 1.807) is 45.0 Å². The summed E-state index contributed by atoms with van der Waals surface area (Å²) in [5.41, 5.74) is 6.12. The average Bonchev–Trinajstić information content (AvgIpc) is 3.02. The van der Waals surface area contributed by atoms with Crippen LogP contribution in [-0.4, -0.2) is 18.9 Å². The summed E-state index contributed by atoms with van der Waals surface area (Å²) in [7, 11) is -3.25. The largest absolute Gasteiger partial charge is 0.294 e. The molecular weight excluding hydrogens is 392 g/mol. The van der Waals surface area contributed by atoms with Gasteiger partial charge in [0, 0.05) is 17.9 Å². The first-order valence-electron chi connectivity index (χ1n) is 10.2. The smallest absolute Gasteiger partial charge is 0.163 e. The van der Waals surface area contributed by atoms with Gasteiger partial charge >= 0.3 is 0 Å². The molecule has 0 amide bonds. The molecule has 3 aromatic rings. The molecule has 4 rings (SSSR count). The van der Waals surface area contributed by atoms with Gasteiger partial charge in [-0.1, -0.05) is 72.8 Å². The van der Waals surface area contributed by atoms with Crippen LogP contribution in [0.4, 0.5) is 0 Å². The molecule has 3 aromatic carbocycles. The lowest BCUT2D eigenvalue weighted by molar-refractivity contribution is 0.0978. The fourth-order valence-electron chi connectivity index (χ4n) is 4.01. The van der Waals surface area contributed by atoms with Crippen LogP contribution in [0, 0.1) is 0 Å². The van der Waals surface area contributed by atoms with Gasteiger partial charge in [-0.05, 0) is 48.6 Å². The fourth-order valence-corrected chi connectivity index (χ4v) is 5.07. The van der Waals surface area contributed by atoms with Gasteiger partial charge in [0.1, 0.15) is 0 Å². The van der Waals surface area contributed by atoms with Crippen molar-refractivity contribution in [1.82, 2.24) is 0 Å². The number of hydrogen-bond acceptors (Lipinski definition) is 3. The van der Waals surface area contributed by atoms with Crippen molar-refractivity contribution in [3.8, 4) is 11.1 Å². The zero-order valence-electron chi connectivity index (χ0n) is 17.6. The van der Waals surface area contributed by atoms with Gasteiger partial charge in [0.15, 0.2) is 15.6 Å². The quantitative estimate of drug-likeness (QED) is 0.493. The minimum absolute atomic E-state index is 0.0195. The summed E-state index contributed by atoms with van der Waals surface area (Å²) in [6.07, 6.45) is 0.396. The van der Waals surface area contributed by atoms with E-state index in [1.807, 2.05) is 24.3 Å². The zero-order valence-corrected chi connectivity index (χ0v) is 18.4. The lowest BCUT2D eigenvalue weighted by Gasteiger charge is -2.19. The molecule has 0 saturated heterocycles. The molecule has 0 fully saturated rings. The minimum Gasteiger partial charge on any atom is -0.294 e. The molecule has 0 bridgehead atoms. The van der Waals surface area contributed by atoms with Gasteiger partial charge in [0.2, 0.25) is 0 Å². The van der Waals surface area contributed by atoms with Crippen LogP contribution >= 0.6 is 0 Å². The summed E-state index contributed by atoms with van der Waals surface area (Å²) in [6, 6.07) is 23.6. The Hall–Kier alpha value is -2.72. The van der Waals surface area contributed by atoms with Gasteiger partial charge in [-0.15, -0.1) is 0 Å². The Bertz CT molecular complexity index is 1150. The van der Waals surface area contributed by atoms with E-state index in [-0.39, 0.29) is 17.5 Å². The molecule has 1 aliphatic rings. The maximum Gasteiger partial charge on any atom is 0.163 e. The lowest BCUT2D eigenvalue weighted by atomic mass is 9.90. The second-order valence-electron chi connectivity index (χ2n) is 8.92. The molecule has 0 unspecified atom stereocenters. The molecule has 0 N–H and O–H groups in total. The van der Waals surface area contributed by atoms with E-state index < -0.39 is 14.6 Å². The zero-order chi connectivity index (χ0) is 21.5. The van der Waals surface area contributed by atoms with Crippen molar-refractivity contribution in [3.63, 3.8) is 0 Å². The van der Waals surface area contributed by atoms with Crippen molar-refractivity contribution in [2.75, 3.05) is 0 Å². The topological polar surface area (TPSA) is 51.2 Å². The number of ketones is 1. The summed E-state index contributed by atoms with van der Waals surface area (Å²) in [5.74, 6) is 0.0940. The van der Waals surface area contributed by atoms with Crippen molar-refractivity contribution in [1.29, 1.82) is 0 Å². The van der Waals surface area contributed by atoms with Crippen LogP contribution < -0.4 is 0 Å². The highest BCUT2D eigenvalue weighted by Gasteiger charge is 2.31. The molecule has 0 aliphatic heterocycles. The van der Waals surface area contributed by atoms with Crippen LogP contribution in [-0.2, 0) is 15.6 Å². The van der Waals surface area contributed by atoms with E-state index in [2.05, 4.69) is 24.3 Å². The van der Waals surface area contributed by atoms with E-state index in [9.17, 15) is 13.2 Å². The van der Waals surface area contributed by atoms with Gasteiger partial charge in [-0.25, -0.2) is 8.42 Å². The third kappa shape index (κ3) is 3.72. The summed E-state index contributed by atoms with van der Waals surface area (Å²) < 4.78 is 24.1. The Morgan fingerprint density at radius 3 is 1.80 bits per heavy atom. The Morgan fingerprint density at radius 1 is 0.800 bits per heavy atom. The molecule has 1 aliphatic carbocycles. The molecule has 0 radical (unpaired) electrons. The SMILES string of the molecule is CC(C)(C)S(=O)(=O)Cc1ccc(C(=O)CC2c3ccccc3-c3ccccc32)cc1. The monoisotopic (exact) mass is 418 g/mol. The number of rotatable bonds is 5. The molecular formula is C26H26O3S. The van der Waals surface area contributed by atoms with Crippen molar-refractivity contribution < 1.29 is 13.2 Å². The second-order valence-corrected chi connectivity index (χ2v) is 11.7. The Kier molecular flexibility index (Phi) is 5.15. The summed E-state index contributed by atoms with van der Waals surface area (Å²) in [4.78, 5) is 13.1. The van der Waals surface area contributed by atoms with E-state index in [1.165, 1.54) is 22.3 Å². The molecule has 4 heteroatoms. The van der Waals surface area contributed by atoms with Gasteiger partial charge in [0.05, 0.1) is 10.5 Å². The molecule has 30 heavy (non-hydrogen) atoms. The van der Waals surface area contributed by atoms with Crippen molar-refractivity contribution in [2.24, 2.45) is 0 Å². The van der Waals surface area contributed by atoms with Crippen LogP contribution in [0.1, 0.15) is 60.2 Å². The molecule has 154 valence electrons. The van der Waals surface area contributed by atoms with Gasteiger partial charge < -0.3 is 0 Å². The highest BCUT2D eigenvalue weighted by molar-refractivity contribution is 7.91. The van der Waals surface area contributed by atoms with Crippen molar-refractivity contribution in [3.05, 3.63) is 95.1 Å². The Labute approximate surface area is 178 Å². The fraction of sp³-hybridized carbons (Fsp3) is 0.269. The number of Topliss-reactive ketones (excluding diaryl/α,β-unsaturated/α-hetero) is 1. The standard InChI is InChI=1S/C26H26O3S/c1-26(2,3)30(28,29)17-18-12-14-19(15-13-18)25(27)16-24-22-10-6-4-8-20(22)21-9-5-7-11-23(21)24/h4-15,24H,16-17H2,1-3H3. The minimum atomic E-state index is -3.25. The van der Waals surface area contributed by atoms with Crippen molar-refractivity contribution >= 4 is 15.6 Å². The second kappa shape index (κ2) is 7.51. The molecule has 0 heterocycles. The lowest BCUT2D eigenvalue weighted by Crippen LogP contribution is -2.29. The number of hydrogen-bond donors (Lipinski definition) is 0. The molecule has 3 nitrogen and oxygen atoms in total.